The monoisotopic (exact) mass is 332 g/mol. The summed E-state index contributed by atoms with van der Waals surface area (Å²) in [5.41, 5.74) is 1.69. The summed E-state index contributed by atoms with van der Waals surface area (Å²) in [6.45, 7) is 5.44. The van der Waals surface area contributed by atoms with Gasteiger partial charge in [-0.05, 0) is 24.6 Å². The van der Waals surface area contributed by atoms with Crippen LogP contribution in [0.15, 0.2) is 30.5 Å². The van der Waals surface area contributed by atoms with Crippen LogP contribution in [0.1, 0.15) is 31.3 Å². The summed E-state index contributed by atoms with van der Waals surface area (Å²) in [4.78, 5) is 24.4. The molecular weight excluding hydrogens is 311 g/mol. The fourth-order valence-electron chi connectivity index (χ4n) is 2.34. The molecule has 1 N–H and O–H groups in total. The van der Waals surface area contributed by atoms with Crippen molar-refractivity contribution in [2.75, 3.05) is 11.9 Å². The SMILES string of the molecule is CCOC(=O)c1c(NC(=O)C(C)C)c(-c2cccc(F)c2)cn1C. The molecule has 5 nitrogen and oxygen atoms in total. The molecule has 0 spiro atoms. The third kappa shape index (κ3) is 3.64. The Morgan fingerprint density at radius 1 is 1.33 bits per heavy atom. The van der Waals surface area contributed by atoms with E-state index in [9.17, 15) is 14.0 Å². The van der Waals surface area contributed by atoms with Crippen LogP contribution < -0.4 is 5.32 Å². The average molecular weight is 332 g/mol. The Morgan fingerprint density at radius 2 is 2.04 bits per heavy atom. The molecule has 0 unspecified atom stereocenters. The summed E-state index contributed by atoms with van der Waals surface area (Å²) < 4.78 is 20.2. The van der Waals surface area contributed by atoms with Crippen molar-refractivity contribution in [3.05, 3.63) is 42.0 Å². The molecule has 0 bridgehead atoms. The number of hydrogen-bond acceptors (Lipinski definition) is 3. The molecule has 6 heteroatoms. The zero-order chi connectivity index (χ0) is 17.9. The lowest BCUT2D eigenvalue weighted by atomic mass is 10.1. The molecule has 128 valence electrons. The van der Waals surface area contributed by atoms with Crippen LogP contribution in [0.5, 0.6) is 0 Å². The first kappa shape index (κ1) is 17.7. The summed E-state index contributed by atoms with van der Waals surface area (Å²) in [6.07, 6.45) is 1.68. The minimum absolute atomic E-state index is 0.219. The number of aromatic nitrogens is 1. The standard InChI is InChI=1S/C18H21FN2O3/c1-5-24-18(23)16-15(20-17(22)11(2)3)14(10-21(16)4)12-7-6-8-13(19)9-12/h6-11H,5H2,1-4H3,(H,20,22). The molecule has 0 fully saturated rings. The van der Waals surface area contributed by atoms with Gasteiger partial charge in [-0.1, -0.05) is 26.0 Å². The van der Waals surface area contributed by atoms with E-state index in [1.54, 1.807) is 50.7 Å². The molecule has 0 aliphatic rings. The lowest BCUT2D eigenvalue weighted by Crippen LogP contribution is -2.21. The second kappa shape index (κ2) is 7.29. The average Bonchev–Trinajstić information content (AvgIpc) is 2.84. The van der Waals surface area contributed by atoms with E-state index in [-0.39, 0.29) is 24.1 Å². The Balaban J connectivity index is 2.60. The van der Waals surface area contributed by atoms with Gasteiger partial charge in [-0.15, -0.1) is 0 Å². The highest BCUT2D eigenvalue weighted by molar-refractivity contribution is 6.05. The predicted molar refractivity (Wildman–Crippen MR) is 90.2 cm³/mol. The summed E-state index contributed by atoms with van der Waals surface area (Å²) >= 11 is 0. The van der Waals surface area contributed by atoms with E-state index in [2.05, 4.69) is 5.32 Å². The molecule has 24 heavy (non-hydrogen) atoms. The summed E-state index contributed by atoms with van der Waals surface area (Å²) in [5.74, 6) is -1.43. The third-order valence-electron chi connectivity index (χ3n) is 3.56. The maximum absolute atomic E-state index is 13.6. The molecule has 1 heterocycles. The molecule has 0 aliphatic carbocycles. The van der Waals surface area contributed by atoms with Crippen molar-refractivity contribution in [2.45, 2.75) is 20.8 Å². The number of nitrogens with zero attached hydrogens (tertiary/aromatic N) is 1. The van der Waals surface area contributed by atoms with Crippen LogP contribution in [-0.4, -0.2) is 23.1 Å². The summed E-state index contributed by atoms with van der Waals surface area (Å²) in [7, 11) is 1.68. The second-order valence-corrected chi connectivity index (χ2v) is 5.75. The van der Waals surface area contributed by atoms with Gasteiger partial charge in [-0.3, -0.25) is 4.79 Å². The first-order valence-corrected chi connectivity index (χ1v) is 7.78. The zero-order valence-corrected chi connectivity index (χ0v) is 14.2. The van der Waals surface area contributed by atoms with E-state index < -0.39 is 11.8 Å². The molecule has 0 saturated carbocycles. The summed E-state index contributed by atoms with van der Waals surface area (Å²) in [5, 5.41) is 2.77. The number of carbonyl (C=O) groups is 2. The van der Waals surface area contributed by atoms with E-state index in [1.807, 2.05) is 0 Å². The van der Waals surface area contributed by atoms with Gasteiger partial charge >= 0.3 is 5.97 Å². The Kier molecular flexibility index (Phi) is 5.39. The minimum atomic E-state index is -0.540. The molecule has 1 aromatic heterocycles. The maximum Gasteiger partial charge on any atom is 0.357 e. The molecule has 0 saturated heterocycles. The molecule has 1 amide bonds. The smallest absolute Gasteiger partial charge is 0.357 e. The second-order valence-electron chi connectivity index (χ2n) is 5.75. The highest BCUT2D eigenvalue weighted by atomic mass is 19.1. The quantitative estimate of drug-likeness (QED) is 0.851. The molecule has 0 aliphatic heterocycles. The number of aryl methyl sites for hydroxylation is 1. The topological polar surface area (TPSA) is 60.3 Å². The number of carbonyl (C=O) groups excluding carboxylic acids is 2. The summed E-state index contributed by atoms with van der Waals surface area (Å²) in [6, 6.07) is 5.99. The van der Waals surface area contributed by atoms with Gasteiger partial charge in [0.2, 0.25) is 5.91 Å². The van der Waals surface area contributed by atoms with Gasteiger partial charge in [0.15, 0.2) is 5.69 Å². The van der Waals surface area contributed by atoms with Gasteiger partial charge in [0.25, 0.3) is 0 Å². The Labute approximate surface area is 140 Å². The van der Waals surface area contributed by atoms with Gasteiger partial charge in [0.05, 0.1) is 12.3 Å². The van der Waals surface area contributed by atoms with Crippen molar-refractivity contribution in [1.82, 2.24) is 4.57 Å². The van der Waals surface area contributed by atoms with E-state index in [1.165, 1.54) is 12.1 Å². The lowest BCUT2D eigenvalue weighted by molar-refractivity contribution is -0.118. The number of ether oxygens (including phenoxy) is 1. The van der Waals surface area contributed by atoms with Crippen LogP contribution in [0.4, 0.5) is 10.1 Å². The van der Waals surface area contributed by atoms with E-state index in [0.717, 1.165) is 0 Å². The van der Waals surface area contributed by atoms with Crippen LogP contribution in [0.3, 0.4) is 0 Å². The minimum Gasteiger partial charge on any atom is -0.461 e. The Hall–Kier alpha value is -2.63. The largest absolute Gasteiger partial charge is 0.461 e. The van der Waals surface area contributed by atoms with Crippen molar-refractivity contribution < 1.29 is 18.7 Å². The molecule has 0 radical (unpaired) electrons. The Bertz CT molecular complexity index is 766. The third-order valence-corrected chi connectivity index (χ3v) is 3.56. The van der Waals surface area contributed by atoms with Crippen LogP contribution >= 0.6 is 0 Å². The number of amides is 1. The van der Waals surface area contributed by atoms with E-state index >= 15 is 0 Å². The van der Waals surface area contributed by atoms with Crippen LogP contribution in [0, 0.1) is 11.7 Å². The first-order chi connectivity index (χ1) is 11.3. The van der Waals surface area contributed by atoms with Crippen molar-refractivity contribution >= 4 is 17.6 Å². The van der Waals surface area contributed by atoms with Gasteiger partial charge in [-0.25, -0.2) is 9.18 Å². The number of benzene rings is 1. The van der Waals surface area contributed by atoms with Crippen molar-refractivity contribution in [2.24, 2.45) is 13.0 Å². The Morgan fingerprint density at radius 3 is 2.62 bits per heavy atom. The number of hydrogen-bond donors (Lipinski definition) is 1. The number of anilines is 1. The van der Waals surface area contributed by atoms with Crippen molar-refractivity contribution in [3.63, 3.8) is 0 Å². The fourth-order valence-corrected chi connectivity index (χ4v) is 2.34. The number of rotatable bonds is 5. The molecule has 2 aromatic rings. The predicted octanol–water partition coefficient (Wildman–Crippen LogP) is 3.60. The highest BCUT2D eigenvalue weighted by Crippen LogP contribution is 2.34. The van der Waals surface area contributed by atoms with Crippen LogP contribution in [-0.2, 0) is 16.6 Å². The highest BCUT2D eigenvalue weighted by Gasteiger charge is 2.24. The number of esters is 1. The fraction of sp³-hybridized carbons (Fsp3) is 0.333. The number of halogens is 1. The molecule has 0 atom stereocenters. The molecular formula is C18H21FN2O3. The van der Waals surface area contributed by atoms with Crippen LogP contribution in [0.2, 0.25) is 0 Å². The number of nitrogens with one attached hydrogen (secondary N) is 1. The normalized spacial score (nSPS) is 10.8. The first-order valence-electron chi connectivity index (χ1n) is 7.78. The molecule has 2 rings (SSSR count). The van der Waals surface area contributed by atoms with Gasteiger partial charge < -0.3 is 14.6 Å². The van der Waals surface area contributed by atoms with Crippen molar-refractivity contribution in [3.8, 4) is 11.1 Å². The molecule has 1 aromatic carbocycles. The van der Waals surface area contributed by atoms with Crippen LogP contribution in [0.25, 0.3) is 11.1 Å². The van der Waals surface area contributed by atoms with E-state index in [4.69, 9.17) is 4.74 Å². The van der Waals surface area contributed by atoms with Gasteiger partial charge in [0, 0.05) is 24.7 Å². The lowest BCUT2D eigenvalue weighted by Gasteiger charge is -2.12. The maximum atomic E-state index is 13.6. The van der Waals surface area contributed by atoms with Gasteiger partial charge in [0.1, 0.15) is 5.82 Å². The van der Waals surface area contributed by atoms with Crippen molar-refractivity contribution in [1.29, 1.82) is 0 Å². The zero-order valence-electron chi connectivity index (χ0n) is 14.2. The van der Waals surface area contributed by atoms with Gasteiger partial charge in [-0.2, -0.15) is 0 Å². The van der Waals surface area contributed by atoms with E-state index in [0.29, 0.717) is 16.8 Å².